The Morgan fingerprint density at radius 3 is 2.16 bits per heavy atom. The molecule has 0 aliphatic rings. The summed E-state index contributed by atoms with van der Waals surface area (Å²) in [6.45, 7) is 6.07. The molecule has 0 fully saturated rings. The van der Waals surface area contributed by atoms with Crippen molar-refractivity contribution in [1.82, 2.24) is 10.6 Å². The van der Waals surface area contributed by atoms with Gasteiger partial charge in [0.05, 0.1) is 0 Å². The summed E-state index contributed by atoms with van der Waals surface area (Å²) in [4.78, 5) is 22.7. The van der Waals surface area contributed by atoms with E-state index in [1.165, 1.54) is 0 Å². The molecule has 0 bridgehead atoms. The number of aliphatic carboxylic acids is 1. The Bertz CT molecular complexity index is 269. The van der Waals surface area contributed by atoms with Crippen molar-refractivity contribution < 1.29 is 14.7 Å². The Kier molecular flexibility index (Phi) is 9.94. The fraction of sp³-hybridized carbons (Fsp3) is 0.857. The molecule has 0 aliphatic carbocycles. The monoisotopic (exact) mass is 272 g/mol. The van der Waals surface area contributed by atoms with Gasteiger partial charge in [0, 0.05) is 6.04 Å². The molecule has 0 heterocycles. The Hall–Kier alpha value is -1.26. The van der Waals surface area contributed by atoms with Gasteiger partial charge in [-0.05, 0) is 19.8 Å². The van der Waals surface area contributed by atoms with Crippen LogP contribution in [0.2, 0.25) is 0 Å². The van der Waals surface area contributed by atoms with Crippen molar-refractivity contribution >= 4 is 12.0 Å². The van der Waals surface area contributed by atoms with Gasteiger partial charge in [0.15, 0.2) is 0 Å². The van der Waals surface area contributed by atoms with Gasteiger partial charge < -0.3 is 15.7 Å². The second kappa shape index (κ2) is 10.6. The van der Waals surface area contributed by atoms with E-state index in [0.717, 1.165) is 38.5 Å². The van der Waals surface area contributed by atoms with Gasteiger partial charge in [-0.2, -0.15) is 0 Å². The molecule has 2 amide bonds. The summed E-state index contributed by atoms with van der Waals surface area (Å²) in [5, 5.41) is 14.3. The maximum absolute atomic E-state index is 11.7. The summed E-state index contributed by atoms with van der Waals surface area (Å²) in [6.07, 6.45) is 6.50. The molecule has 0 radical (unpaired) electrons. The number of unbranched alkanes of at least 4 members (excludes halogenated alkanes) is 3. The van der Waals surface area contributed by atoms with Crippen molar-refractivity contribution in [3.05, 3.63) is 0 Å². The third kappa shape index (κ3) is 9.33. The zero-order chi connectivity index (χ0) is 14.7. The lowest BCUT2D eigenvalue weighted by atomic mass is 10.1. The molecular formula is C14H28N2O3. The van der Waals surface area contributed by atoms with Crippen molar-refractivity contribution in [2.45, 2.75) is 77.8 Å². The lowest BCUT2D eigenvalue weighted by molar-refractivity contribution is -0.139. The van der Waals surface area contributed by atoms with Gasteiger partial charge in [-0.1, -0.05) is 46.0 Å². The third-order valence-corrected chi connectivity index (χ3v) is 3.07. The molecule has 3 N–H and O–H groups in total. The van der Waals surface area contributed by atoms with E-state index >= 15 is 0 Å². The minimum absolute atomic E-state index is 0.0761. The van der Waals surface area contributed by atoms with Crippen LogP contribution < -0.4 is 10.6 Å². The molecule has 0 rings (SSSR count). The highest BCUT2D eigenvalue weighted by Gasteiger charge is 2.19. The molecule has 112 valence electrons. The second-order valence-corrected chi connectivity index (χ2v) is 5.05. The quantitative estimate of drug-likeness (QED) is 0.535. The number of carbonyl (C=O) groups excluding carboxylic acids is 1. The number of carbonyl (C=O) groups is 2. The Labute approximate surface area is 116 Å². The maximum Gasteiger partial charge on any atom is 0.326 e. The summed E-state index contributed by atoms with van der Waals surface area (Å²) >= 11 is 0. The number of nitrogens with one attached hydrogen (secondary N) is 2. The van der Waals surface area contributed by atoms with Crippen LogP contribution in [0.3, 0.4) is 0 Å². The van der Waals surface area contributed by atoms with E-state index in [-0.39, 0.29) is 12.1 Å². The first-order chi connectivity index (χ1) is 9.01. The zero-order valence-electron chi connectivity index (χ0n) is 12.4. The molecule has 1 unspecified atom stereocenters. The summed E-state index contributed by atoms with van der Waals surface area (Å²) < 4.78 is 0. The van der Waals surface area contributed by atoms with Crippen molar-refractivity contribution in [2.24, 2.45) is 0 Å². The molecular weight excluding hydrogens is 244 g/mol. The smallest absolute Gasteiger partial charge is 0.326 e. The maximum atomic E-state index is 11.7. The minimum Gasteiger partial charge on any atom is -0.480 e. The first kappa shape index (κ1) is 17.7. The average molecular weight is 272 g/mol. The van der Waals surface area contributed by atoms with E-state index in [9.17, 15) is 9.59 Å². The van der Waals surface area contributed by atoms with Gasteiger partial charge in [-0.3, -0.25) is 0 Å². The zero-order valence-corrected chi connectivity index (χ0v) is 12.4. The SMILES string of the molecule is CCCCCC(C)NC(=O)N[C@@H](CCCC)C(=O)O. The summed E-state index contributed by atoms with van der Waals surface area (Å²) in [5.74, 6) is -0.970. The van der Waals surface area contributed by atoms with Crippen molar-refractivity contribution in [3.8, 4) is 0 Å². The van der Waals surface area contributed by atoms with E-state index in [0.29, 0.717) is 6.42 Å². The number of hydrogen-bond acceptors (Lipinski definition) is 2. The third-order valence-electron chi connectivity index (χ3n) is 3.07. The van der Waals surface area contributed by atoms with Crippen LogP contribution in [-0.2, 0) is 4.79 Å². The molecule has 0 saturated heterocycles. The van der Waals surface area contributed by atoms with E-state index < -0.39 is 12.0 Å². The van der Waals surface area contributed by atoms with Gasteiger partial charge in [0.25, 0.3) is 0 Å². The molecule has 0 spiro atoms. The van der Waals surface area contributed by atoms with Crippen LogP contribution in [0.4, 0.5) is 4.79 Å². The molecule has 0 aromatic rings. The Morgan fingerprint density at radius 1 is 1.00 bits per heavy atom. The van der Waals surface area contributed by atoms with Crippen molar-refractivity contribution in [1.29, 1.82) is 0 Å². The summed E-state index contributed by atoms with van der Waals surface area (Å²) in [5.41, 5.74) is 0. The highest BCUT2D eigenvalue weighted by Crippen LogP contribution is 2.04. The number of amides is 2. The number of carboxylic acids is 1. The molecule has 0 aliphatic heterocycles. The van der Waals surface area contributed by atoms with Crippen LogP contribution in [-0.4, -0.2) is 29.2 Å². The summed E-state index contributed by atoms with van der Waals surface area (Å²) in [6, 6.07) is -1.09. The highest BCUT2D eigenvalue weighted by atomic mass is 16.4. The van der Waals surface area contributed by atoms with E-state index in [2.05, 4.69) is 17.6 Å². The molecule has 5 heteroatoms. The topological polar surface area (TPSA) is 78.4 Å². The van der Waals surface area contributed by atoms with Crippen LogP contribution in [0.15, 0.2) is 0 Å². The molecule has 5 nitrogen and oxygen atoms in total. The Morgan fingerprint density at radius 2 is 1.63 bits per heavy atom. The fourth-order valence-electron chi connectivity index (χ4n) is 1.86. The molecule has 0 saturated carbocycles. The lowest BCUT2D eigenvalue weighted by Crippen LogP contribution is -2.48. The first-order valence-electron chi connectivity index (χ1n) is 7.31. The Balaban J connectivity index is 4.00. The fourth-order valence-corrected chi connectivity index (χ4v) is 1.86. The standard InChI is InChI=1S/C14H28N2O3/c1-4-6-8-9-11(3)15-14(19)16-12(13(17)18)10-7-5-2/h11-12H,4-10H2,1-3H3,(H,17,18)(H2,15,16,19)/t11?,12-/m0/s1. The van der Waals surface area contributed by atoms with Crippen molar-refractivity contribution in [3.63, 3.8) is 0 Å². The van der Waals surface area contributed by atoms with E-state index in [1.807, 2.05) is 13.8 Å². The van der Waals surface area contributed by atoms with Crippen LogP contribution in [0.25, 0.3) is 0 Å². The first-order valence-corrected chi connectivity index (χ1v) is 7.31. The number of urea groups is 1. The predicted molar refractivity (Wildman–Crippen MR) is 76.2 cm³/mol. The number of hydrogen-bond donors (Lipinski definition) is 3. The van der Waals surface area contributed by atoms with Crippen LogP contribution in [0, 0.1) is 0 Å². The average Bonchev–Trinajstić information content (AvgIpc) is 2.34. The largest absolute Gasteiger partial charge is 0.480 e. The van der Waals surface area contributed by atoms with E-state index in [4.69, 9.17) is 5.11 Å². The van der Waals surface area contributed by atoms with E-state index in [1.54, 1.807) is 0 Å². The lowest BCUT2D eigenvalue weighted by Gasteiger charge is -2.18. The van der Waals surface area contributed by atoms with Crippen LogP contribution >= 0.6 is 0 Å². The minimum atomic E-state index is -0.970. The van der Waals surface area contributed by atoms with Gasteiger partial charge in [0.1, 0.15) is 6.04 Å². The normalized spacial score (nSPS) is 13.6. The van der Waals surface area contributed by atoms with Gasteiger partial charge in [-0.25, -0.2) is 9.59 Å². The predicted octanol–water partition coefficient (Wildman–Crippen LogP) is 2.90. The number of carboxylic acid groups (broad SMARTS) is 1. The molecule has 2 atom stereocenters. The molecule has 19 heavy (non-hydrogen) atoms. The molecule has 0 aromatic carbocycles. The highest BCUT2D eigenvalue weighted by molar-refractivity contribution is 5.82. The molecule has 0 aromatic heterocycles. The van der Waals surface area contributed by atoms with Crippen molar-refractivity contribution in [2.75, 3.05) is 0 Å². The summed E-state index contributed by atoms with van der Waals surface area (Å²) in [7, 11) is 0. The van der Waals surface area contributed by atoms with Gasteiger partial charge >= 0.3 is 12.0 Å². The number of rotatable bonds is 10. The van der Waals surface area contributed by atoms with Crippen LogP contribution in [0.1, 0.15) is 65.7 Å². The van der Waals surface area contributed by atoms with Crippen LogP contribution in [0.5, 0.6) is 0 Å². The second-order valence-electron chi connectivity index (χ2n) is 5.05. The van der Waals surface area contributed by atoms with Gasteiger partial charge in [0.2, 0.25) is 0 Å². The van der Waals surface area contributed by atoms with Gasteiger partial charge in [-0.15, -0.1) is 0 Å².